The monoisotopic (exact) mass is 689 g/mol. The molecule has 0 aliphatic carbocycles. The summed E-state index contributed by atoms with van der Waals surface area (Å²) in [5.41, 5.74) is -0.420. The summed E-state index contributed by atoms with van der Waals surface area (Å²) < 4.78 is 23.0. The van der Waals surface area contributed by atoms with Crippen LogP contribution in [-0.4, -0.2) is 97.8 Å². The summed E-state index contributed by atoms with van der Waals surface area (Å²) in [7, 11) is 1.63. The van der Waals surface area contributed by atoms with E-state index in [-0.39, 0.29) is 36.1 Å². The second-order valence-electron chi connectivity index (χ2n) is 15.7. The number of carbonyl (C=O) groups excluding carboxylic acids is 3. The molecule has 0 saturated carbocycles. The molecule has 2 aliphatic rings. The number of hydrogen-bond donors (Lipinski definition) is 1. The number of ketones is 1. The van der Waals surface area contributed by atoms with Gasteiger partial charge in [0.05, 0.1) is 17.2 Å². The number of methoxy groups -OCH3 is 1. The molecule has 2 unspecified atom stereocenters. The zero-order valence-electron chi connectivity index (χ0n) is 31.9. The van der Waals surface area contributed by atoms with Crippen LogP contribution in [0.25, 0.3) is 0 Å². The first kappa shape index (κ1) is 40.9. The highest BCUT2D eigenvalue weighted by Gasteiger charge is 2.43. The number of aliphatic hydroxyl groups excluding tert-OH is 1. The third-order valence-electron chi connectivity index (χ3n) is 9.42. The van der Waals surface area contributed by atoms with Crippen molar-refractivity contribution >= 4 is 29.0 Å². The fourth-order valence-electron chi connectivity index (χ4n) is 6.70. The van der Waals surface area contributed by atoms with Crippen LogP contribution in [0.3, 0.4) is 0 Å². The summed E-state index contributed by atoms with van der Waals surface area (Å²) in [5.74, 6) is -0.0318. The van der Waals surface area contributed by atoms with Crippen LogP contribution in [0.2, 0.25) is 0 Å². The average molecular weight is 690 g/mol. The summed E-state index contributed by atoms with van der Waals surface area (Å²) in [6, 6.07) is 5.29. The van der Waals surface area contributed by atoms with E-state index in [0.717, 1.165) is 0 Å². The quantitative estimate of drug-likeness (QED) is 0.163. The lowest BCUT2D eigenvalue weighted by molar-refractivity contribution is -0.247. The number of rotatable bonds is 17. The number of anilines is 2. The second-order valence-corrected chi connectivity index (χ2v) is 15.7. The van der Waals surface area contributed by atoms with Crippen molar-refractivity contribution in [1.29, 1.82) is 0 Å². The maximum atomic E-state index is 14.6. The second kappa shape index (κ2) is 17.6. The van der Waals surface area contributed by atoms with Crippen LogP contribution in [0.4, 0.5) is 11.4 Å². The van der Waals surface area contributed by atoms with Crippen molar-refractivity contribution in [2.75, 3.05) is 56.4 Å². The molecule has 3 rings (SSSR count). The number of fused-ring (bicyclic) bond motifs is 1. The lowest BCUT2D eigenvalue weighted by Gasteiger charge is -2.42. The summed E-state index contributed by atoms with van der Waals surface area (Å²) in [6.07, 6.45) is 0.841. The van der Waals surface area contributed by atoms with Crippen molar-refractivity contribution in [3.8, 4) is 5.75 Å². The topological polar surface area (TPSA) is 118 Å². The Bertz CT molecular complexity index is 1260. The molecule has 1 aromatic rings. The summed E-state index contributed by atoms with van der Waals surface area (Å²) in [5, 5.41) is 11.2. The largest absolute Gasteiger partial charge is 0.476 e. The van der Waals surface area contributed by atoms with Gasteiger partial charge in [0.15, 0.2) is 5.60 Å². The predicted octanol–water partition coefficient (Wildman–Crippen LogP) is 5.66. The van der Waals surface area contributed by atoms with Gasteiger partial charge in [-0.3, -0.25) is 19.3 Å². The summed E-state index contributed by atoms with van der Waals surface area (Å²) >= 11 is 0. The van der Waals surface area contributed by atoms with Gasteiger partial charge in [-0.25, -0.2) is 0 Å². The van der Waals surface area contributed by atoms with Crippen LogP contribution in [0.15, 0.2) is 18.2 Å². The maximum Gasteiger partial charge on any atom is 0.270 e. The highest BCUT2D eigenvalue weighted by atomic mass is 16.6. The Kier molecular flexibility index (Phi) is 14.7. The van der Waals surface area contributed by atoms with Gasteiger partial charge in [0.2, 0.25) is 12.3 Å². The number of likely N-dealkylation sites (tertiary alicyclic amines) is 1. The molecule has 11 nitrogen and oxygen atoms in total. The first-order valence-corrected chi connectivity index (χ1v) is 18.1. The van der Waals surface area contributed by atoms with E-state index in [1.54, 1.807) is 35.7 Å². The Labute approximate surface area is 294 Å². The van der Waals surface area contributed by atoms with Crippen LogP contribution in [0, 0.1) is 23.7 Å². The number of benzene rings is 1. The Morgan fingerprint density at radius 3 is 2.39 bits per heavy atom. The molecule has 49 heavy (non-hydrogen) atoms. The molecule has 0 bridgehead atoms. The van der Waals surface area contributed by atoms with Crippen molar-refractivity contribution in [1.82, 2.24) is 4.90 Å². The maximum absolute atomic E-state index is 14.6. The number of carbonyl (C=O) groups is 3. The number of nitrogens with zero attached hydrogens (tertiary/aromatic N) is 3. The van der Waals surface area contributed by atoms with Gasteiger partial charge in [-0.1, -0.05) is 13.8 Å². The van der Waals surface area contributed by atoms with E-state index in [1.165, 1.54) is 0 Å². The molecule has 1 fully saturated rings. The SMILES string of the molecule is CCOCC(CCC(=O)[C@H]1C[C@@H](C(=O)N(c2ccc3c(c2)N(CCCOC)C(=O)C(C)(C)O3)C(C)C)CN(C(O)OC(C)(C)C)C1)C(C)C. The average Bonchev–Trinajstić information content (AvgIpc) is 3.01. The van der Waals surface area contributed by atoms with Crippen molar-refractivity contribution in [2.24, 2.45) is 23.7 Å². The van der Waals surface area contributed by atoms with Gasteiger partial charge >= 0.3 is 0 Å². The first-order valence-electron chi connectivity index (χ1n) is 18.1. The normalized spacial score (nSPS) is 21.0. The number of Topliss-reactive ketones (excluding diaryl/α,β-unsaturated/α-hetero) is 1. The smallest absolute Gasteiger partial charge is 0.270 e. The molecule has 278 valence electrons. The predicted molar refractivity (Wildman–Crippen MR) is 192 cm³/mol. The molecule has 0 radical (unpaired) electrons. The molecule has 0 spiro atoms. The van der Waals surface area contributed by atoms with Crippen molar-refractivity contribution < 1.29 is 38.4 Å². The fraction of sp³-hybridized carbons (Fsp3) is 0.763. The van der Waals surface area contributed by atoms with Crippen LogP contribution in [0.1, 0.15) is 94.9 Å². The van der Waals surface area contributed by atoms with E-state index in [1.807, 2.05) is 59.7 Å². The standard InChI is InChI=1S/C38H63N3O8/c1-12-47-24-27(25(2)3)14-16-32(42)28-20-29(23-39(22-28)36(45)49-37(6,7)8)34(43)41(26(4)5)30-15-17-33-31(21-30)40(18-13-19-46-11)35(44)38(9,10)48-33/h15,17,21,25-29,36,45H,12-14,16,18-20,22-24H2,1-11H3/t27?,28-,29+,36?/m0/s1. The van der Waals surface area contributed by atoms with Crippen LogP contribution >= 0.6 is 0 Å². The molecule has 2 amide bonds. The highest BCUT2D eigenvalue weighted by Crippen LogP contribution is 2.41. The highest BCUT2D eigenvalue weighted by molar-refractivity contribution is 6.04. The fourth-order valence-corrected chi connectivity index (χ4v) is 6.70. The Morgan fingerprint density at radius 2 is 1.80 bits per heavy atom. The van der Waals surface area contributed by atoms with Gasteiger partial charge in [0, 0.05) is 70.6 Å². The zero-order valence-corrected chi connectivity index (χ0v) is 31.9. The van der Waals surface area contributed by atoms with Gasteiger partial charge in [0.25, 0.3) is 5.91 Å². The molecule has 4 atom stereocenters. The number of piperidine rings is 1. The third kappa shape index (κ3) is 11.0. The Hall–Kier alpha value is -2.57. The molecule has 11 heteroatoms. The Balaban J connectivity index is 1.93. The summed E-state index contributed by atoms with van der Waals surface area (Å²) in [4.78, 5) is 47.1. The number of aliphatic hydroxyl groups is 1. The van der Waals surface area contributed by atoms with Crippen LogP contribution < -0.4 is 14.5 Å². The molecule has 2 heterocycles. The molecule has 1 N–H and O–H groups in total. The van der Waals surface area contributed by atoms with Gasteiger partial charge in [-0.15, -0.1) is 0 Å². The molecule has 1 saturated heterocycles. The minimum absolute atomic E-state index is 0.0856. The van der Waals surface area contributed by atoms with Crippen LogP contribution in [-0.2, 0) is 28.6 Å². The lowest BCUT2D eigenvalue weighted by Crippen LogP contribution is -2.55. The molecule has 2 aliphatic heterocycles. The number of amides is 2. The van der Waals surface area contributed by atoms with Crippen molar-refractivity contribution in [3.05, 3.63) is 18.2 Å². The molecule has 0 aromatic heterocycles. The van der Waals surface area contributed by atoms with E-state index in [9.17, 15) is 19.5 Å². The number of ether oxygens (including phenoxy) is 4. The minimum Gasteiger partial charge on any atom is -0.476 e. The number of hydrogen-bond acceptors (Lipinski definition) is 9. The molecular formula is C38H63N3O8. The van der Waals surface area contributed by atoms with E-state index < -0.39 is 29.5 Å². The summed E-state index contributed by atoms with van der Waals surface area (Å²) in [6.45, 7) is 22.0. The van der Waals surface area contributed by atoms with E-state index in [0.29, 0.717) is 81.6 Å². The molecule has 1 aromatic carbocycles. The van der Waals surface area contributed by atoms with Crippen LogP contribution in [0.5, 0.6) is 5.75 Å². The van der Waals surface area contributed by atoms with Gasteiger partial charge < -0.3 is 33.9 Å². The van der Waals surface area contributed by atoms with E-state index >= 15 is 0 Å². The van der Waals surface area contributed by atoms with E-state index in [4.69, 9.17) is 18.9 Å². The van der Waals surface area contributed by atoms with Gasteiger partial charge in [0.1, 0.15) is 11.5 Å². The third-order valence-corrected chi connectivity index (χ3v) is 9.42. The van der Waals surface area contributed by atoms with Crippen molar-refractivity contribution in [2.45, 2.75) is 119 Å². The lowest BCUT2D eigenvalue weighted by atomic mass is 9.82. The first-order chi connectivity index (χ1) is 22.9. The zero-order chi connectivity index (χ0) is 36.7. The van der Waals surface area contributed by atoms with Crippen molar-refractivity contribution in [3.63, 3.8) is 0 Å². The Morgan fingerprint density at radius 1 is 1.12 bits per heavy atom. The van der Waals surface area contributed by atoms with Gasteiger partial charge in [-0.2, -0.15) is 0 Å². The molecular weight excluding hydrogens is 626 g/mol. The van der Waals surface area contributed by atoms with Gasteiger partial charge in [-0.05, 0) is 105 Å². The van der Waals surface area contributed by atoms with E-state index in [2.05, 4.69) is 13.8 Å². The minimum atomic E-state index is -1.27.